The molecule has 0 spiro atoms. The van der Waals surface area contributed by atoms with Gasteiger partial charge in [-0.1, -0.05) is 51.1 Å². The summed E-state index contributed by atoms with van der Waals surface area (Å²) in [5.74, 6) is -0.147. The second-order valence-electron chi connectivity index (χ2n) is 6.39. The Bertz CT molecular complexity index is 856. The van der Waals surface area contributed by atoms with E-state index < -0.39 is 0 Å². The number of hydrogen-bond acceptors (Lipinski definition) is 3. The van der Waals surface area contributed by atoms with Crippen LogP contribution in [-0.2, 0) is 5.41 Å². The predicted octanol–water partition coefficient (Wildman–Crippen LogP) is 4.74. The van der Waals surface area contributed by atoms with E-state index >= 15 is 0 Å². The summed E-state index contributed by atoms with van der Waals surface area (Å²) >= 11 is 0. The van der Waals surface area contributed by atoms with Gasteiger partial charge in [-0.15, -0.1) is 12.4 Å². The summed E-state index contributed by atoms with van der Waals surface area (Å²) in [6.45, 7) is 6.12. The fraction of sp³-hybridized carbons (Fsp3) is 0.222. The highest BCUT2D eigenvalue weighted by Crippen LogP contribution is 2.32. The highest BCUT2D eigenvalue weighted by molar-refractivity contribution is 5.96. The Morgan fingerprint density at radius 1 is 1.00 bits per heavy atom. The first-order valence-corrected chi connectivity index (χ1v) is 7.19. The van der Waals surface area contributed by atoms with Crippen molar-refractivity contribution in [2.24, 2.45) is 0 Å². The molecule has 120 valence electrons. The Kier molecular flexibility index (Phi) is 4.57. The third kappa shape index (κ3) is 3.27. The number of nitrogens with two attached hydrogens (primary N) is 1. The van der Waals surface area contributed by atoms with E-state index in [-0.39, 0.29) is 29.6 Å². The van der Waals surface area contributed by atoms with Gasteiger partial charge in [0, 0.05) is 11.0 Å². The molecule has 1 aromatic heterocycles. The zero-order valence-corrected chi connectivity index (χ0v) is 14.1. The van der Waals surface area contributed by atoms with Gasteiger partial charge in [0.1, 0.15) is 5.82 Å². The molecule has 3 rings (SSSR count). The topological polar surface area (TPSA) is 51.8 Å². The molecule has 0 radical (unpaired) electrons. The van der Waals surface area contributed by atoms with Crippen LogP contribution in [0.15, 0.2) is 42.5 Å². The molecular formula is C18H19ClFN3. The number of benzene rings is 2. The molecule has 0 saturated carbocycles. The lowest BCUT2D eigenvalue weighted by Crippen LogP contribution is -2.15. The molecular weight excluding hydrogens is 313 g/mol. The van der Waals surface area contributed by atoms with Crippen LogP contribution in [0.25, 0.3) is 22.0 Å². The van der Waals surface area contributed by atoms with Crippen LogP contribution in [-0.4, -0.2) is 9.97 Å². The number of fused-ring (bicyclic) bond motifs is 1. The van der Waals surface area contributed by atoms with Gasteiger partial charge in [0.2, 0.25) is 5.95 Å². The summed E-state index contributed by atoms with van der Waals surface area (Å²) in [6.07, 6.45) is 0. The van der Waals surface area contributed by atoms with E-state index in [1.54, 1.807) is 6.07 Å². The molecule has 5 heteroatoms. The van der Waals surface area contributed by atoms with Crippen LogP contribution in [0, 0.1) is 5.82 Å². The van der Waals surface area contributed by atoms with Gasteiger partial charge in [-0.05, 0) is 22.9 Å². The second kappa shape index (κ2) is 6.13. The van der Waals surface area contributed by atoms with Crippen LogP contribution < -0.4 is 5.73 Å². The van der Waals surface area contributed by atoms with E-state index in [4.69, 9.17) is 5.73 Å². The van der Waals surface area contributed by atoms with E-state index in [0.717, 1.165) is 16.5 Å². The van der Waals surface area contributed by atoms with Gasteiger partial charge < -0.3 is 5.73 Å². The van der Waals surface area contributed by atoms with Gasteiger partial charge in [0.15, 0.2) is 0 Å². The molecule has 1 heterocycles. The molecule has 3 aromatic rings. The zero-order chi connectivity index (χ0) is 15.9. The van der Waals surface area contributed by atoms with Crippen molar-refractivity contribution >= 4 is 29.1 Å². The van der Waals surface area contributed by atoms with Crippen LogP contribution in [0.3, 0.4) is 0 Å². The molecule has 2 aromatic carbocycles. The quantitative estimate of drug-likeness (QED) is 0.700. The van der Waals surface area contributed by atoms with Crippen molar-refractivity contribution in [3.63, 3.8) is 0 Å². The Morgan fingerprint density at radius 3 is 2.39 bits per heavy atom. The normalized spacial score (nSPS) is 11.3. The van der Waals surface area contributed by atoms with Crippen LogP contribution in [0.4, 0.5) is 10.3 Å². The van der Waals surface area contributed by atoms with E-state index in [1.807, 2.05) is 51.1 Å². The summed E-state index contributed by atoms with van der Waals surface area (Å²) in [4.78, 5) is 8.54. The lowest BCUT2D eigenvalue weighted by molar-refractivity contribution is 0.568. The third-order valence-corrected chi connectivity index (χ3v) is 3.65. The smallest absolute Gasteiger partial charge is 0.220 e. The van der Waals surface area contributed by atoms with E-state index in [1.165, 1.54) is 6.07 Å². The zero-order valence-electron chi connectivity index (χ0n) is 13.3. The number of rotatable bonds is 1. The minimum atomic E-state index is -0.309. The van der Waals surface area contributed by atoms with Crippen molar-refractivity contribution in [3.8, 4) is 11.3 Å². The molecule has 0 aliphatic rings. The van der Waals surface area contributed by atoms with Crippen molar-refractivity contribution in [1.82, 2.24) is 9.97 Å². The molecule has 3 nitrogen and oxygen atoms in total. The summed E-state index contributed by atoms with van der Waals surface area (Å²) in [5, 5.41) is 1.79. The van der Waals surface area contributed by atoms with Gasteiger partial charge in [0.25, 0.3) is 0 Å². The van der Waals surface area contributed by atoms with Crippen molar-refractivity contribution in [2.75, 3.05) is 5.73 Å². The molecule has 0 atom stereocenters. The van der Waals surface area contributed by atoms with Crippen molar-refractivity contribution in [1.29, 1.82) is 0 Å². The minimum absolute atomic E-state index is 0. The lowest BCUT2D eigenvalue weighted by Gasteiger charge is -2.19. The number of nitrogens with zero attached hydrogens (tertiary/aromatic N) is 2. The fourth-order valence-electron chi connectivity index (χ4n) is 2.48. The predicted molar refractivity (Wildman–Crippen MR) is 95.3 cm³/mol. The van der Waals surface area contributed by atoms with Gasteiger partial charge in [-0.3, -0.25) is 0 Å². The number of anilines is 1. The molecule has 0 fully saturated rings. The van der Waals surface area contributed by atoms with Crippen LogP contribution >= 0.6 is 12.4 Å². The second-order valence-corrected chi connectivity index (χ2v) is 6.39. The molecule has 23 heavy (non-hydrogen) atoms. The average Bonchev–Trinajstić information content (AvgIpc) is 2.45. The summed E-state index contributed by atoms with van der Waals surface area (Å²) in [6, 6.07) is 12.7. The molecule has 0 unspecified atom stereocenters. The molecule has 0 bridgehead atoms. The average molecular weight is 332 g/mol. The minimum Gasteiger partial charge on any atom is -0.368 e. The molecule has 2 N–H and O–H groups in total. The third-order valence-electron chi connectivity index (χ3n) is 3.65. The maximum absolute atomic E-state index is 14.5. The van der Waals surface area contributed by atoms with Crippen LogP contribution in [0.1, 0.15) is 26.5 Å². The maximum Gasteiger partial charge on any atom is 0.220 e. The lowest BCUT2D eigenvalue weighted by atomic mass is 9.90. The molecule has 0 amide bonds. The van der Waals surface area contributed by atoms with Gasteiger partial charge in [-0.2, -0.15) is 0 Å². The number of hydrogen-bond donors (Lipinski definition) is 1. The molecule has 0 aliphatic heterocycles. The van der Waals surface area contributed by atoms with Gasteiger partial charge in [-0.25, -0.2) is 14.4 Å². The Hall–Kier alpha value is -2.20. The summed E-state index contributed by atoms with van der Waals surface area (Å²) in [5.41, 5.74) is 7.44. The SMILES string of the molecule is CC(C)(C)c1cc(-c2c(F)ccc3ccccc23)nc(N)n1.Cl. The standard InChI is InChI=1S/C18H18FN3.ClH/c1-18(2,3)15-10-14(21-17(20)22-15)16-12-7-5-4-6-11(12)8-9-13(16)19;/h4-10H,1-3H3,(H2,20,21,22);1H. The number of halogens is 2. The highest BCUT2D eigenvalue weighted by Gasteiger charge is 2.20. The number of aromatic nitrogens is 2. The monoisotopic (exact) mass is 331 g/mol. The fourth-order valence-corrected chi connectivity index (χ4v) is 2.48. The van der Waals surface area contributed by atoms with Crippen molar-refractivity contribution in [3.05, 3.63) is 54.0 Å². The summed E-state index contributed by atoms with van der Waals surface area (Å²) in [7, 11) is 0. The Labute approximate surface area is 141 Å². The van der Waals surface area contributed by atoms with Crippen molar-refractivity contribution in [2.45, 2.75) is 26.2 Å². The first-order valence-electron chi connectivity index (χ1n) is 7.19. The maximum atomic E-state index is 14.5. The van der Waals surface area contributed by atoms with E-state index in [9.17, 15) is 4.39 Å². The largest absolute Gasteiger partial charge is 0.368 e. The molecule has 0 saturated heterocycles. The summed E-state index contributed by atoms with van der Waals surface area (Å²) < 4.78 is 14.5. The number of nitrogen functional groups attached to an aromatic ring is 1. The first-order chi connectivity index (χ1) is 10.4. The van der Waals surface area contributed by atoms with Crippen molar-refractivity contribution < 1.29 is 4.39 Å². The highest BCUT2D eigenvalue weighted by atomic mass is 35.5. The van der Waals surface area contributed by atoms with E-state index in [0.29, 0.717) is 11.3 Å². The Balaban J connectivity index is 0.00000192. The molecule has 0 aliphatic carbocycles. The van der Waals surface area contributed by atoms with Crippen LogP contribution in [0.2, 0.25) is 0 Å². The van der Waals surface area contributed by atoms with Gasteiger partial charge >= 0.3 is 0 Å². The van der Waals surface area contributed by atoms with Crippen LogP contribution in [0.5, 0.6) is 0 Å². The van der Waals surface area contributed by atoms with E-state index in [2.05, 4.69) is 9.97 Å². The first kappa shape index (κ1) is 17.2. The Morgan fingerprint density at radius 2 is 1.70 bits per heavy atom. The van der Waals surface area contributed by atoms with Gasteiger partial charge in [0.05, 0.1) is 11.4 Å².